The second-order valence-electron chi connectivity index (χ2n) is 6.21. The van der Waals surface area contributed by atoms with Crippen LogP contribution in [0, 0.1) is 6.92 Å². The molecule has 6 nitrogen and oxygen atoms in total. The Bertz CT molecular complexity index is 746. The van der Waals surface area contributed by atoms with E-state index < -0.39 is 0 Å². The molecule has 25 heavy (non-hydrogen) atoms. The molecule has 6 heteroatoms. The summed E-state index contributed by atoms with van der Waals surface area (Å²) in [6.45, 7) is 4.27. The van der Waals surface area contributed by atoms with Crippen LogP contribution in [0.25, 0.3) is 0 Å². The average Bonchev–Trinajstić information content (AvgIpc) is 2.62. The normalized spacial score (nSPS) is 17.2. The highest BCUT2D eigenvalue weighted by molar-refractivity contribution is 5.73. The molecule has 1 atom stereocenters. The van der Waals surface area contributed by atoms with Gasteiger partial charge in [0.1, 0.15) is 11.5 Å². The first-order chi connectivity index (χ1) is 12.1. The van der Waals surface area contributed by atoms with E-state index in [0.717, 1.165) is 37.3 Å². The molecule has 2 heterocycles. The van der Waals surface area contributed by atoms with Gasteiger partial charge in [-0.15, -0.1) is 0 Å². The number of carbonyl (C=O) groups is 1. The van der Waals surface area contributed by atoms with E-state index in [0.29, 0.717) is 17.5 Å². The van der Waals surface area contributed by atoms with Crippen molar-refractivity contribution in [2.45, 2.75) is 39.2 Å². The Kier molecular flexibility index (Phi) is 5.16. The summed E-state index contributed by atoms with van der Waals surface area (Å²) in [4.78, 5) is 22.9. The van der Waals surface area contributed by atoms with Crippen molar-refractivity contribution in [3.63, 3.8) is 0 Å². The number of hydrogen-bond donors (Lipinski definition) is 0. The topological polar surface area (TPSA) is 64.6 Å². The van der Waals surface area contributed by atoms with Gasteiger partial charge in [-0.1, -0.05) is 0 Å². The van der Waals surface area contributed by atoms with E-state index in [4.69, 9.17) is 9.47 Å². The lowest BCUT2D eigenvalue weighted by Crippen LogP contribution is -2.37. The van der Waals surface area contributed by atoms with Crippen molar-refractivity contribution in [1.82, 2.24) is 14.9 Å². The van der Waals surface area contributed by atoms with E-state index in [9.17, 15) is 4.79 Å². The molecule has 0 N–H and O–H groups in total. The van der Waals surface area contributed by atoms with Gasteiger partial charge >= 0.3 is 0 Å². The number of aromatic nitrogens is 2. The van der Waals surface area contributed by atoms with Crippen LogP contribution in [0.3, 0.4) is 0 Å². The van der Waals surface area contributed by atoms with Gasteiger partial charge in [-0.25, -0.2) is 4.98 Å². The van der Waals surface area contributed by atoms with Gasteiger partial charge in [0.15, 0.2) is 5.82 Å². The molecule has 3 rings (SSSR count). The third-order valence-corrected chi connectivity index (χ3v) is 4.34. The third-order valence-electron chi connectivity index (χ3n) is 4.34. The minimum absolute atomic E-state index is 0.0624. The molecule has 1 aliphatic heterocycles. The monoisotopic (exact) mass is 341 g/mol. The van der Waals surface area contributed by atoms with Gasteiger partial charge < -0.3 is 14.4 Å². The highest BCUT2D eigenvalue weighted by atomic mass is 16.5. The van der Waals surface area contributed by atoms with Crippen LogP contribution in [0.1, 0.15) is 43.7 Å². The smallest absolute Gasteiger partial charge is 0.222 e. The molecular formula is C19H23N3O3. The second-order valence-corrected chi connectivity index (χ2v) is 6.21. The van der Waals surface area contributed by atoms with Crippen molar-refractivity contribution in [2.24, 2.45) is 0 Å². The Morgan fingerprint density at radius 2 is 1.88 bits per heavy atom. The lowest BCUT2D eigenvalue weighted by molar-refractivity contribution is -0.132. The zero-order valence-corrected chi connectivity index (χ0v) is 14.9. The number of amides is 1. The van der Waals surface area contributed by atoms with Crippen molar-refractivity contribution in [3.8, 4) is 17.4 Å². The Hall–Kier alpha value is -2.63. The van der Waals surface area contributed by atoms with Crippen molar-refractivity contribution >= 4 is 5.91 Å². The fourth-order valence-electron chi connectivity index (χ4n) is 3.10. The summed E-state index contributed by atoms with van der Waals surface area (Å²) >= 11 is 0. The molecule has 1 amide bonds. The van der Waals surface area contributed by atoms with Crippen molar-refractivity contribution < 1.29 is 14.3 Å². The summed E-state index contributed by atoms with van der Waals surface area (Å²) in [5.41, 5.74) is 0.822. The van der Waals surface area contributed by atoms with Crippen LogP contribution in [0.15, 0.2) is 30.3 Å². The SMILES string of the molecule is COc1ccc(Oc2cc(C)nc([C@@H]3CCCCN3C(C)=O)n2)cc1. The molecule has 0 spiro atoms. The summed E-state index contributed by atoms with van der Waals surface area (Å²) in [5, 5.41) is 0. The fraction of sp³-hybridized carbons (Fsp3) is 0.421. The summed E-state index contributed by atoms with van der Waals surface area (Å²) in [6.07, 6.45) is 2.97. The number of methoxy groups -OCH3 is 1. The number of piperidine rings is 1. The largest absolute Gasteiger partial charge is 0.497 e. The van der Waals surface area contributed by atoms with Crippen LogP contribution >= 0.6 is 0 Å². The van der Waals surface area contributed by atoms with Gasteiger partial charge in [0.2, 0.25) is 11.8 Å². The van der Waals surface area contributed by atoms with E-state index in [2.05, 4.69) is 9.97 Å². The molecule has 1 aromatic heterocycles. The number of nitrogens with zero attached hydrogens (tertiary/aromatic N) is 3. The van der Waals surface area contributed by atoms with Gasteiger partial charge in [-0.3, -0.25) is 4.79 Å². The highest BCUT2D eigenvalue weighted by Crippen LogP contribution is 2.31. The number of aryl methyl sites for hydroxylation is 1. The lowest BCUT2D eigenvalue weighted by Gasteiger charge is -2.34. The average molecular weight is 341 g/mol. The lowest BCUT2D eigenvalue weighted by atomic mass is 10.0. The molecule has 1 saturated heterocycles. The molecule has 1 aromatic carbocycles. The van der Waals surface area contributed by atoms with Gasteiger partial charge in [0.05, 0.1) is 13.2 Å². The van der Waals surface area contributed by atoms with Gasteiger partial charge in [0.25, 0.3) is 0 Å². The predicted molar refractivity (Wildman–Crippen MR) is 93.8 cm³/mol. The Morgan fingerprint density at radius 3 is 2.56 bits per heavy atom. The van der Waals surface area contributed by atoms with Crippen molar-refractivity contribution in [3.05, 3.63) is 41.9 Å². The zero-order valence-electron chi connectivity index (χ0n) is 14.9. The van der Waals surface area contributed by atoms with Gasteiger partial charge in [0, 0.05) is 25.2 Å². The van der Waals surface area contributed by atoms with Crippen molar-refractivity contribution in [2.75, 3.05) is 13.7 Å². The number of carbonyl (C=O) groups excluding carboxylic acids is 1. The zero-order chi connectivity index (χ0) is 17.8. The van der Waals surface area contributed by atoms with Crippen LogP contribution in [-0.2, 0) is 4.79 Å². The van der Waals surface area contributed by atoms with E-state index in [1.165, 1.54) is 0 Å². The Labute approximate surface area is 147 Å². The molecule has 2 aromatic rings. The molecule has 1 fully saturated rings. The molecule has 1 aliphatic rings. The molecule has 0 bridgehead atoms. The first kappa shape index (κ1) is 17.2. The quantitative estimate of drug-likeness (QED) is 0.849. The Balaban J connectivity index is 1.85. The third kappa shape index (κ3) is 4.07. The molecule has 0 saturated carbocycles. The first-order valence-electron chi connectivity index (χ1n) is 8.51. The molecule has 0 unspecified atom stereocenters. The van der Waals surface area contributed by atoms with Crippen LogP contribution in [-0.4, -0.2) is 34.4 Å². The summed E-state index contributed by atoms with van der Waals surface area (Å²) in [6, 6.07) is 9.06. The van der Waals surface area contributed by atoms with Gasteiger partial charge in [-0.05, 0) is 50.5 Å². The summed E-state index contributed by atoms with van der Waals surface area (Å²) < 4.78 is 11.0. The minimum atomic E-state index is -0.0793. The molecule has 0 aliphatic carbocycles. The standard InChI is InChI=1S/C19H23N3O3/c1-13-12-18(25-16-9-7-15(24-3)8-10-16)21-19(20-13)17-6-4-5-11-22(17)14(2)23/h7-10,12,17H,4-6,11H2,1-3H3/t17-/m0/s1. The van der Waals surface area contributed by atoms with E-state index in [1.807, 2.05) is 36.1 Å². The van der Waals surface area contributed by atoms with Crippen LogP contribution in [0.2, 0.25) is 0 Å². The predicted octanol–water partition coefficient (Wildman–Crippen LogP) is 3.66. The van der Waals surface area contributed by atoms with Crippen LogP contribution in [0.5, 0.6) is 17.4 Å². The van der Waals surface area contributed by atoms with E-state index >= 15 is 0 Å². The molecular weight excluding hydrogens is 318 g/mol. The number of hydrogen-bond acceptors (Lipinski definition) is 5. The second kappa shape index (κ2) is 7.51. The summed E-state index contributed by atoms with van der Waals surface area (Å²) in [7, 11) is 1.63. The maximum atomic E-state index is 11.9. The number of ether oxygens (including phenoxy) is 2. The highest BCUT2D eigenvalue weighted by Gasteiger charge is 2.28. The first-order valence-corrected chi connectivity index (χ1v) is 8.51. The Morgan fingerprint density at radius 1 is 1.16 bits per heavy atom. The maximum Gasteiger partial charge on any atom is 0.222 e. The van der Waals surface area contributed by atoms with E-state index in [-0.39, 0.29) is 11.9 Å². The number of likely N-dealkylation sites (tertiary alicyclic amines) is 1. The fourth-order valence-corrected chi connectivity index (χ4v) is 3.10. The van der Waals surface area contributed by atoms with Crippen LogP contribution in [0.4, 0.5) is 0 Å². The number of rotatable bonds is 4. The minimum Gasteiger partial charge on any atom is -0.497 e. The maximum absolute atomic E-state index is 11.9. The van der Waals surface area contributed by atoms with Gasteiger partial charge in [-0.2, -0.15) is 4.98 Å². The van der Waals surface area contributed by atoms with Crippen LogP contribution < -0.4 is 9.47 Å². The van der Waals surface area contributed by atoms with Crippen molar-refractivity contribution in [1.29, 1.82) is 0 Å². The van der Waals surface area contributed by atoms with E-state index in [1.54, 1.807) is 20.1 Å². The molecule has 132 valence electrons. The number of benzene rings is 1. The molecule has 0 radical (unpaired) electrons. The summed E-state index contributed by atoms with van der Waals surface area (Å²) in [5.74, 6) is 2.65.